The minimum absolute atomic E-state index is 0.843. The van der Waals surface area contributed by atoms with Crippen LogP contribution in [0.4, 0.5) is 0 Å². The van der Waals surface area contributed by atoms with Gasteiger partial charge < -0.3 is 9.47 Å². The van der Waals surface area contributed by atoms with Gasteiger partial charge in [0.15, 0.2) is 0 Å². The lowest BCUT2D eigenvalue weighted by molar-refractivity contribution is 0.512. The molecule has 200 valence electrons. The Kier molecular flexibility index (Phi) is 5.61. The molecule has 6 aromatic carbocycles. The fourth-order valence-corrected chi connectivity index (χ4v) is 6.19. The average Bonchev–Trinajstić information content (AvgIpc) is 3.04. The molecule has 2 heteroatoms. The van der Waals surface area contributed by atoms with E-state index in [4.69, 9.17) is 9.47 Å². The van der Waals surface area contributed by atoms with Crippen LogP contribution in [0.3, 0.4) is 0 Å². The van der Waals surface area contributed by atoms with Crippen LogP contribution >= 0.6 is 0 Å². The van der Waals surface area contributed by atoms with E-state index in [1.165, 1.54) is 11.1 Å². The van der Waals surface area contributed by atoms with Crippen LogP contribution in [0.2, 0.25) is 0 Å². The Morgan fingerprint density at radius 3 is 1.12 bits per heavy atom. The van der Waals surface area contributed by atoms with E-state index in [9.17, 15) is 0 Å². The summed E-state index contributed by atoms with van der Waals surface area (Å²) in [7, 11) is 0. The zero-order valence-electron chi connectivity index (χ0n) is 23.5. The highest BCUT2D eigenvalue weighted by atomic mass is 16.5. The number of ether oxygens (including phenoxy) is 2. The first-order chi connectivity index (χ1) is 20.7. The van der Waals surface area contributed by atoms with E-state index < -0.39 is 0 Å². The number of benzene rings is 6. The van der Waals surface area contributed by atoms with Crippen LogP contribution in [0.25, 0.3) is 33.4 Å². The molecule has 42 heavy (non-hydrogen) atoms. The second-order valence-electron chi connectivity index (χ2n) is 11.0. The van der Waals surface area contributed by atoms with Crippen molar-refractivity contribution in [3.05, 3.63) is 178 Å². The zero-order valence-corrected chi connectivity index (χ0v) is 23.5. The summed E-state index contributed by atoms with van der Waals surface area (Å²) in [5.41, 5.74) is 11.3. The smallest absolute Gasteiger partial charge is 0.143 e. The third kappa shape index (κ3) is 3.88. The summed E-state index contributed by atoms with van der Waals surface area (Å²) in [5, 5.41) is 2.16. The van der Waals surface area contributed by atoms with Gasteiger partial charge in [-0.25, -0.2) is 0 Å². The summed E-state index contributed by atoms with van der Waals surface area (Å²) in [6.45, 7) is 4.22. The monoisotopic (exact) mass is 540 g/mol. The van der Waals surface area contributed by atoms with Crippen molar-refractivity contribution in [3.63, 3.8) is 0 Å². The second-order valence-corrected chi connectivity index (χ2v) is 11.0. The van der Waals surface area contributed by atoms with Crippen molar-refractivity contribution in [2.45, 2.75) is 13.8 Å². The first kappa shape index (κ1) is 24.5. The first-order valence-electron chi connectivity index (χ1n) is 14.4. The highest BCUT2D eigenvalue weighted by Crippen LogP contribution is 2.53. The lowest BCUT2D eigenvalue weighted by atomic mass is 9.83. The van der Waals surface area contributed by atoms with E-state index in [1.54, 1.807) is 0 Å². The molecule has 0 N–H and O–H groups in total. The highest BCUT2D eigenvalue weighted by molar-refractivity contribution is 6.17. The molecule has 8 rings (SSSR count). The van der Waals surface area contributed by atoms with Gasteiger partial charge in [0.2, 0.25) is 0 Å². The third-order valence-electron chi connectivity index (χ3n) is 8.25. The van der Waals surface area contributed by atoms with Crippen LogP contribution in [0, 0.1) is 13.8 Å². The average molecular weight is 541 g/mol. The predicted molar refractivity (Wildman–Crippen MR) is 172 cm³/mol. The van der Waals surface area contributed by atoms with Crippen molar-refractivity contribution in [2.24, 2.45) is 0 Å². The van der Waals surface area contributed by atoms with Crippen LogP contribution < -0.4 is 9.47 Å². The Labute approximate surface area is 245 Å². The number of hydrogen-bond donors (Lipinski definition) is 0. The Bertz CT molecular complexity index is 1900. The largest absolute Gasteiger partial charge is 0.455 e. The van der Waals surface area contributed by atoms with Gasteiger partial charge in [-0.2, -0.15) is 0 Å². The predicted octanol–water partition coefficient (Wildman–Crippen LogP) is 10.1. The molecular weight excluding hydrogens is 512 g/mol. The highest BCUT2D eigenvalue weighted by Gasteiger charge is 2.32. The molecule has 0 aliphatic carbocycles. The number of aryl methyl sites for hydroxylation is 2. The number of hydrogen-bond acceptors (Lipinski definition) is 2. The van der Waals surface area contributed by atoms with Crippen LogP contribution in [0.5, 0.6) is 11.5 Å². The standard InChI is InChI=1S/C40H28O2/c1-25-13-17-29(18-14-25)39-35(27-9-5-3-6-10-27)31-21-24-34-38-32(22-23-33(41-39)37(31)38)36(28-11-7-4-8-12-28)40(42-34)30-19-15-26(2)16-20-30/h3-24H,1-2H3. The molecular formula is C40H28O2. The van der Waals surface area contributed by atoms with Gasteiger partial charge in [-0.3, -0.25) is 0 Å². The van der Waals surface area contributed by atoms with Crippen molar-refractivity contribution in [1.82, 2.24) is 0 Å². The van der Waals surface area contributed by atoms with Crippen LogP contribution in [-0.4, -0.2) is 0 Å². The van der Waals surface area contributed by atoms with E-state index in [0.29, 0.717) is 0 Å². The molecule has 0 atom stereocenters. The maximum absolute atomic E-state index is 6.85. The Hall–Kier alpha value is -5.34. The summed E-state index contributed by atoms with van der Waals surface area (Å²) < 4.78 is 13.7. The van der Waals surface area contributed by atoms with Gasteiger partial charge in [0.1, 0.15) is 23.0 Å². The molecule has 2 heterocycles. The fourth-order valence-electron chi connectivity index (χ4n) is 6.19. The van der Waals surface area contributed by atoms with Crippen molar-refractivity contribution in [2.75, 3.05) is 0 Å². The van der Waals surface area contributed by atoms with Crippen molar-refractivity contribution < 1.29 is 9.47 Å². The summed E-state index contributed by atoms with van der Waals surface area (Å²) in [6, 6.07) is 46.9. The topological polar surface area (TPSA) is 18.5 Å². The molecule has 2 aliphatic heterocycles. The first-order valence-corrected chi connectivity index (χ1v) is 14.4. The molecule has 0 radical (unpaired) electrons. The van der Waals surface area contributed by atoms with Gasteiger partial charge in [0.05, 0.1) is 0 Å². The Morgan fingerprint density at radius 1 is 0.357 bits per heavy atom. The molecule has 0 saturated carbocycles. The number of rotatable bonds is 4. The maximum atomic E-state index is 6.85. The summed E-state index contributed by atoms with van der Waals surface area (Å²) in [6.07, 6.45) is 0. The molecule has 0 unspecified atom stereocenters. The molecule has 2 nitrogen and oxygen atoms in total. The molecule has 0 spiro atoms. The van der Waals surface area contributed by atoms with E-state index in [-0.39, 0.29) is 0 Å². The summed E-state index contributed by atoms with van der Waals surface area (Å²) in [4.78, 5) is 0. The fraction of sp³-hybridized carbons (Fsp3) is 0.0500. The van der Waals surface area contributed by atoms with E-state index in [1.807, 2.05) is 0 Å². The quantitative estimate of drug-likeness (QED) is 0.221. The minimum Gasteiger partial charge on any atom is -0.455 e. The van der Waals surface area contributed by atoms with Gasteiger partial charge in [0, 0.05) is 33.0 Å². The van der Waals surface area contributed by atoms with Crippen molar-refractivity contribution in [3.8, 4) is 11.5 Å². The minimum atomic E-state index is 0.843. The van der Waals surface area contributed by atoms with E-state index >= 15 is 0 Å². The lowest BCUT2D eigenvalue weighted by Gasteiger charge is -2.30. The third-order valence-corrected chi connectivity index (χ3v) is 8.25. The lowest BCUT2D eigenvalue weighted by Crippen LogP contribution is -2.12. The summed E-state index contributed by atoms with van der Waals surface area (Å²) in [5.74, 6) is 3.42. The van der Waals surface area contributed by atoms with Crippen LogP contribution in [0.1, 0.15) is 44.5 Å². The van der Waals surface area contributed by atoms with E-state index in [0.717, 1.165) is 78.3 Å². The molecule has 0 aromatic heterocycles. The molecule has 0 bridgehead atoms. The normalized spacial score (nSPS) is 13.7. The van der Waals surface area contributed by atoms with Crippen LogP contribution in [0.15, 0.2) is 133 Å². The van der Waals surface area contributed by atoms with Gasteiger partial charge >= 0.3 is 0 Å². The molecule has 0 fully saturated rings. The summed E-state index contributed by atoms with van der Waals surface area (Å²) >= 11 is 0. The van der Waals surface area contributed by atoms with Crippen LogP contribution in [-0.2, 0) is 0 Å². The molecule has 0 saturated heterocycles. The van der Waals surface area contributed by atoms with Crippen molar-refractivity contribution >= 4 is 33.4 Å². The van der Waals surface area contributed by atoms with Gasteiger partial charge in [-0.1, -0.05) is 120 Å². The molecule has 6 aromatic rings. The second kappa shape index (κ2) is 9.64. The van der Waals surface area contributed by atoms with Gasteiger partial charge in [0.25, 0.3) is 0 Å². The SMILES string of the molecule is Cc1ccc(C2=C(c3ccccc3)c3ccc4c5c(ccc(c35)O2)C(c2ccccc2)=C(c2ccc(C)cc2)O4)cc1. The van der Waals surface area contributed by atoms with E-state index in [2.05, 4.69) is 147 Å². The Balaban J connectivity index is 1.43. The van der Waals surface area contributed by atoms with Crippen molar-refractivity contribution in [1.29, 1.82) is 0 Å². The zero-order chi connectivity index (χ0) is 28.2. The van der Waals surface area contributed by atoms with Gasteiger partial charge in [-0.05, 0) is 60.4 Å². The van der Waals surface area contributed by atoms with Gasteiger partial charge in [-0.15, -0.1) is 0 Å². The molecule has 2 aliphatic rings. The Morgan fingerprint density at radius 2 is 0.738 bits per heavy atom. The maximum Gasteiger partial charge on any atom is 0.143 e. The molecule has 0 amide bonds.